The number of ether oxygens (including phenoxy) is 2. The van der Waals surface area contributed by atoms with E-state index in [-0.39, 0.29) is 0 Å². The second kappa shape index (κ2) is 2.74. The van der Waals surface area contributed by atoms with Crippen LogP contribution in [0.15, 0.2) is 0 Å². The van der Waals surface area contributed by atoms with E-state index in [9.17, 15) is 22.4 Å². The summed E-state index contributed by atoms with van der Waals surface area (Å²) in [7, 11) is 0. The van der Waals surface area contributed by atoms with Crippen LogP contribution in [0.4, 0.5) is 22.4 Å². The van der Waals surface area contributed by atoms with Gasteiger partial charge in [-0.15, -0.1) is 0 Å². The van der Waals surface area contributed by atoms with Gasteiger partial charge in [0.2, 0.25) is 0 Å². The van der Waals surface area contributed by atoms with Gasteiger partial charge in [0.05, 0.1) is 0 Å². The zero-order chi connectivity index (χ0) is 10.3. The molecule has 0 spiro atoms. The Balaban J connectivity index is 2.90. The molecule has 1 aliphatic heterocycles. The first kappa shape index (κ1) is 10.1. The molecule has 7 heteroatoms. The number of hydrogen-bond acceptors (Lipinski definition) is 3. The lowest BCUT2D eigenvalue weighted by Gasteiger charge is -2.22. The highest BCUT2D eigenvalue weighted by Gasteiger charge is 2.64. The molecule has 1 rings (SSSR count). The third kappa shape index (κ3) is 1.68. The molecule has 0 aliphatic carbocycles. The second-order valence-electron chi connectivity index (χ2n) is 2.53. The largest absolute Gasteiger partial charge is 0.512 e. The van der Waals surface area contributed by atoms with Gasteiger partial charge in [-0.2, -0.15) is 17.6 Å². The molecule has 0 aromatic carbocycles. The Bertz CT molecular complexity index is 226. The molecule has 0 bridgehead atoms. The Morgan fingerprint density at radius 3 is 2.38 bits per heavy atom. The van der Waals surface area contributed by atoms with Gasteiger partial charge in [0.15, 0.2) is 0 Å². The Morgan fingerprint density at radius 2 is 2.08 bits per heavy atom. The van der Waals surface area contributed by atoms with Crippen molar-refractivity contribution in [3.63, 3.8) is 0 Å². The van der Waals surface area contributed by atoms with Gasteiger partial charge in [-0.1, -0.05) is 6.92 Å². The van der Waals surface area contributed by atoms with Gasteiger partial charge in [-0.25, -0.2) is 4.79 Å². The minimum Gasteiger partial charge on any atom is -0.414 e. The maximum atomic E-state index is 13.2. The zero-order valence-corrected chi connectivity index (χ0v) is 6.52. The van der Waals surface area contributed by atoms with Crippen LogP contribution < -0.4 is 0 Å². The predicted molar refractivity (Wildman–Crippen MR) is 31.5 cm³/mol. The van der Waals surface area contributed by atoms with Gasteiger partial charge in [0, 0.05) is 6.42 Å². The molecule has 1 saturated heterocycles. The summed E-state index contributed by atoms with van der Waals surface area (Å²) in [6, 6.07) is 0. The molecule has 0 amide bonds. The number of hydrogen-bond donors (Lipinski definition) is 0. The SMILES string of the molecule is CCC1(F)OC(=O)OC1C(F)(F)F. The van der Waals surface area contributed by atoms with Crippen molar-refractivity contribution < 1.29 is 31.8 Å². The van der Waals surface area contributed by atoms with Crippen molar-refractivity contribution in [2.24, 2.45) is 0 Å². The fourth-order valence-corrected chi connectivity index (χ4v) is 0.969. The molecule has 0 N–H and O–H groups in total. The number of carbonyl (C=O) groups excluding carboxylic acids is 1. The van der Waals surface area contributed by atoms with Crippen molar-refractivity contribution in [1.82, 2.24) is 0 Å². The maximum absolute atomic E-state index is 13.2. The van der Waals surface area contributed by atoms with Crippen LogP contribution in [0, 0.1) is 0 Å². The highest BCUT2D eigenvalue weighted by Crippen LogP contribution is 2.41. The Kier molecular flexibility index (Phi) is 2.13. The Hall–Kier alpha value is -1.01. The van der Waals surface area contributed by atoms with Crippen molar-refractivity contribution >= 4 is 6.16 Å². The Labute approximate surface area is 70.6 Å². The van der Waals surface area contributed by atoms with Crippen molar-refractivity contribution in [2.75, 3.05) is 0 Å². The molecule has 0 aromatic heterocycles. The number of cyclic esters (lactones) is 2. The average Bonchev–Trinajstić information content (AvgIpc) is 2.26. The third-order valence-electron chi connectivity index (χ3n) is 1.64. The normalized spacial score (nSPS) is 34.2. The van der Waals surface area contributed by atoms with Crippen LogP contribution >= 0.6 is 0 Å². The van der Waals surface area contributed by atoms with Crippen LogP contribution in [-0.2, 0) is 9.47 Å². The van der Waals surface area contributed by atoms with Gasteiger partial charge >= 0.3 is 12.3 Å². The molecule has 2 atom stereocenters. The monoisotopic (exact) mass is 202 g/mol. The molecule has 0 aromatic rings. The summed E-state index contributed by atoms with van der Waals surface area (Å²) in [5.74, 6) is -3.09. The molecular weight excluding hydrogens is 196 g/mol. The summed E-state index contributed by atoms with van der Waals surface area (Å²) in [6.45, 7) is 1.13. The van der Waals surface area contributed by atoms with E-state index < -0.39 is 30.7 Å². The lowest BCUT2D eigenvalue weighted by molar-refractivity contribution is -0.247. The molecule has 1 aliphatic rings. The first-order chi connectivity index (χ1) is 5.79. The highest BCUT2D eigenvalue weighted by atomic mass is 19.4. The number of carbonyl (C=O) groups is 1. The van der Waals surface area contributed by atoms with Crippen molar-refractivity contribution in [3.8, 4) is 0 Å². The number of halogens is 4. The molecule has 3 nitrogen and oxygen atoms in total. The number of alkyl halides is 4. The third-order valence-corrected chi connectivity index (χ3v) is 1.64. The minimum absolute atomic E-state index is 0.608. The highest BCUT2D eigenvalue weighted by molar-refractivity contribution is 5.63. The summed E-state index contributed by atoms with van der Waals surface area (Å²) in [5.41, 5.74) is 0. The van der Waals surface area contributed by atoms with E-state index in [1.54, 1.807) is 0 Å². The van der Waals surface area contributed by atoms with E-state index in [1.807, 2.05) is 0 Å². The van der Waals surface area contributed by atoms with Crippen LogP contribution in [0.1, 0.15) is 13.3 Å². The lowest BCUT2D eigenvalue weighted by Crippen LogP contribution is -2.44. The van der Waals surface area contributed by atoms with Crippen LogP contribution in [0.3, 0.4) is 0 Å². The van der Waals surface area contributed by atoms with E-state index in [0.717, 1.165) is 6.92 Å². The van der Waals surface area contributed by atoms with Gasteiger partial charge in [0.1, 0.15) is 0 Å². The molecule has 1 fully saturated rings. The number of rotatable bonds is 1. The first-order valence-electron chi connectivity index (χ1n) is 3.45. The van der Waals surface area contributed by atoms with E-state index in [0.29, 0.717) is 0 Å². The lowest BCUT2D eigenvalue weighted by atomic mass is 10.1. The first-order valence-corrected chi connectivity index (χ1v) is 3.45. The van der Waals surface area contributed by atoms with Gasteiger partial charge in [-0.3, -0.25) is 0 Å². The zero-order valence-electron chi connectivity index (χ0n) is 6.52. The van der Waals surface area contributed by atoms with E-state index in [1.165, 1.54) is 0 Å². The Morgan fingerprint density at radius 1 is 1.54 bits per heavy atom. The van der Waals surface area contributed by atoms with Crippen molar-refractivity contribution in [2.45, 2.75) is 31.5 Å². The van der Waals surface area contributed by atoms with Gasteiger partial charge in [-0.05, 0) is 0 Å². The predicted octanol–water partition coefficient (Wildman–Crippen LogP) is 2.16. The fraction of sp³-hybridized carbons (Fsp3) is 0.833. The summed E-state index contributed by atoms with van der Waals surface area (Å²) < 4.78 is 56.7. The van der Waals surface area contributed by atoms with Crippen LogP contribution in [0.2, 0.25) is 0 Å². The van der Waals surface area contributed by atoms with Crippen LogP contribution in [0.5, 0.6) is 0 Å². The maximum Gasteiger partial charge on any atom is 0.512 e. The summed E-state index contributed by atoms with van der Waals surface area (Å²) >= 11 is 0. The van der Waals surface area contributed by atoms with Gasteiger partial charge < -0.3 is 9.47 Å². The van der Waals surface area contributed by atoms with Crippen molar-refractivity contribution in [3.05, 3.63) is 0 Å². The van der Waals surface area contributed by atoms with Crippen LogP contribution in [0.25, 0.3) is 0 Å². The van der Waals surface area contributed by atoms with Crippen LogP contribution in [-0.4, -0.2) is 24.3 Å². The van der Waals surface area contributed by atoms with E-state index in [4.69, 9.17) is 0 Å². The fourth-order valence-electron chi connectivity index (χ4n) is 0.969. The topological polar surface area (TPSA) is 35.5 Å². The van der Waals surface area contributed by atoms with E-state index >= 15 is 0 Å². The molecular formula is C6H6F4O3. The standard InChI is InChI=1S/C6H6F4O3/c1-2-5(7)3(6(8,9)10)12-4(11)13-5/h3H,2H2,1H3. The van der Waals surface area contributed by atoms with Gasteiger partial charge in [0.25, 0.3) is 12.0 Å². The van der Waals surface area contributed by atoms with Crippen molar-refractivity contribution in [1.29, 1.82) is 0 Å². The average molecular weight is 202 g/mol. The second-order valence-corrected chi connectivity index (χ2v) is 2.53. The molecule has 0 radical (unpaired) electrons. The smallest absolute Gasteiger partial charge is 0.414 e. The minimum atomic E-state index is -4.95. The molecule has 1 heterocycles. The molecule has 13 heavy (non-hydrogen) atoms. The summed E-state index contributed by atoms with van der Waals surface area (Å²) in [6.07, 6.45) is -10.0. The quantitative estimate of drug-likeness (QED) is 0.482. The molecule has 76 valence electrons. The molecule has 0 saturated carbocycles. The van der Waals surface area contributed by atoms with E-state index in [2.05, 4.69) is 9.47 Å². The summed E-state index contributed by atoms with van der Waals surface area (Å²) in [4.78, 5) is 10.3. The summed E-state index contributed by atoms with van der Waals surface area (Å²) in [5, 5.41) is 0. The molecule has 2 unspecified atom stereocenters.